The molecule has 2 N–H and O–H groups in total. The molecule has 2 fully saturated rings. The van der Waals surface area contributed by atoms with Crippen molar-refractivity contribution in [2.45, 2.75) is 38.5 Å². The predicted molar refractivity (Wildman–Crippen MR) is 201 cm³/mol. The van der Waals surface area contributed by atoms with E-state index in [1.54, 1.807) is 25.4 Å². The van der Waals surface area contributed by atoms with Gasteiger partial charge in [-0.15, -0.1) is 0 Å². The number of H-pyrrole nitrogens is 1. The fourth-order valence-corrected chi connectivity index (χ4v) is 7.23. The van der Waals surface area contributed by atoms with Crippen LogP contribution in [0.2, 0.25) is 0 Å². The molecule has 1 atom stereocenters. The lowest BCUT2D eigenvalue weighted by molar-refractivity contribution is -0.133. The number of benzene rings is 2. The molecule has 3 aliphatic rings. The Bertz CT molecular complexity index is 2160. The Hall–Kier alpha value is -5.68. The fourth-order valence-electron chi connectivity index (χ4n) is 7.23. The molecule has 1 saturated heterocycles. The van der Waals surface area contributed by atoms with Crippen molar-refractivity contribution in [2.24, 2.45) is 5.41 Å². The second-order valence-corrected chi connectivity index (χ2v) is 14.2. The molecule has 2 aliphatic heterocycles. The van der Waals surface area contributed by atoms with Crippen molar-refractivity contribution in [3.05, 3.63) is 109 Å². The Morgan fingerprint density at radius 2 is 1.79 bits per heavy atom. The van der Waals surface area contributed by atoms with Gasteiger partial charge in [0, 0.05) is 72.0 Å². The van der Waals surface area contributed by atoms with Crippen LogP contribution in [-0.2, 0) is 14.3 Å². The summed E-state index contributed by atoms with van der Waals surface area (Å²) in [6.07, 6.45) is 11.2. The summed E-state index contributed by atoms with van der Waals surface area (Å²) < 4.78 is 5.90. The standard InChI is InChI=1S/C41H42N8O3/c1-27(2)52-26-41(40(51)45-33-10-11-35-34(23-33)38(47-46-35)32-12-18-42-36(22-32)30-6-7-30)15-21-48(25-41)24-37(50)49-19-13-29(14-20-49)28-4-8-31(9-5-28)39-43-16-3-17-44-39/h3-5,8-13,16-18,22-23,30H,1,6-7,14-15,19-21,24-26H2,2H3,(H,45,51)(H,46,47). The zero-order valence-electron chi connectivity index (χ0n) is 29.3. The molecule has 2 amide bonds. The molecule has 0 spiro atoms. The van der Waals surface area contributed by atoms with Gasteiger partial charge in [-0.2, -0.15) is 5.10 Å². The lowest BCUT2D eigenvalue weighted by atomic mass is 9.86. The van der Waals surface area contributed by atoms with Crippen molar-refractivity contribution in [1.29, 1.82) is 0 Å². The number of nitrogens with zero attached hydrogens (tertiary/aromatic N) is 6. The topological polar surface area (TPSA) is 129 Å². The van der Waals surface area contributed by atoms with Gasteiger partial charge in [0.15, 0.2) is 5.82 Å². The van der Waals surface area contributed by atoms with Gasteiger partial charge in [-0.05, 0) is 86.7 Å². The minimum atomic E-state index is -0.844. The highest BCUT2D eigenvalue weighted by Gasteiger charge is 2.46. The molecule has 1 unspecified atom stereocenters. The van der Waals surface area contributed by atoms with Crippen LogP contribution in [0.15, 0.2) is 97.7 Å². The van der Waals surface area contributed by atoms with Crippen LogP contribution < -0.4 is 5.32 Å². The van der Waals surface area contributed by atoms with Gasteiger partial charge >= 0.3 is 0 Å². The number of anilines is 1. The molecule has 0 radical (unpaired) electrons. The summed E-state index contributed by atoms with van der Waals surface area (Å²) in [4.78, 5) is 44.8. The summed E-state index contributed by atoms with van der Waals surface area (Å²) in [7, 11) is 0. The Morgan fingerprint density at radius 3 is 2.54 bits per heavy atom. The molecule has 1 aliphatic carbocycles. The van der Waals surface area contributed by atoms with Crippen molar-refractivity contribution in [1.82, 2.24) is 34.9 Å². The monoisotopic (exact) mass is 694 g/mol. The minimum Gasteiger partial charge on any atom is -0.498 e. The molecule has 0 bridgehead atoms. The first kappa shape index (κ1) is 33.5. The lowest BCUT2D eigenvalue weighted by Crippen LogP contribution is -2.45. The molecule has 5 heterocycles. The van der Waals surface area contributed by atoms with E-state index >= 15 is 0 Å². The zero-order valence-corrected chi connectivity index (χ0v) is 29.3. The third kappa shape index (κ3) is 7.09. The number of likely N-dealkylation sites (tertiary alicyclic amines) is 1. The Balaban J connectivity index is 0.920. The van der Waals surface area contributed by atoms with E-state index in [4.69, 9.17) is 4.74 Å². The SMILES string of the molecule is C=C(C)OCC1(C(=O)Nc2ccc3[nH]nc(-c4ccnc(C5CC5)c4)c3c2)CCN(CC(=O)N2CC=C(c3ccc(-c4ncccn4)cc3)CC2)C1. The number of aromatic amines is 1. The number of carbonyl (C=O) groups excluding carboxylic acids is 2. The van der Waals surface area contributed by atoms with Gasteiger partial charge in [0.2, 0.25) is 11.8 Å². The van der Waals surface area contributed by atoms with Crippen molar-refractivity contribution >= 4 is 34.0 Å². The number of pyridine rings is 1. The quantitative estimate of drug-likeness (QED) is 0.151. The summed E-state index contributed by atoms with van der Waals surface area (Å²) in [6.45, 7) is 8.33. The van der Waals surface area contributed by atoms with Gasteiger partial charge in [0.25, 0.3) is 0 Å². The number of hydrogen-bond donors (Lipinski definition) is 2. The van der Waals surface area contributed by atoms with Crippen LogP contribution in [-0.4, -0.2) is 86.1 Å². The van der Waals surface area contributed by atoms with Crippen molar-refractivity contribution < 1.29 is 14.3 Å². The van der Waals surface area contributed by atoms with Crippen molar-refractivity contribution in [3.63, 3.8) is 0 Å². The second kappa shape index (κ2) is 14.1. The average molecular weight is 695 g/mol. The number of ether oxygens (including phenoxy) is 1. The Labute approximate surface area is 302 Å². The highest BCUT2D eigenvalue weighted by atomic mass is 16.5. The van der Waals surface area contributed by atoms with Crippen LogP contribution in [0.5, 0.6) is 0 Å². The molecular formula is C41H42N8O3. The maximum atomic E-state index is 14.1. The van der Waals surface area contributed by atoms with Crippen LogP contribution in [0.4, 0.5) is 5.69 Å². The van der Waals surface area contributed by atoms with Gasteiger partial charge in [-0.3, -0.25) is 24.6 Å². The Morgan fingerprint density at radius 1 is 0.981 bits per heavy atom. The van der Waals surface area contributed by atoms with E-state index in [0.717, 1.165) is 45.4 Å². The number of rotatable bonds is 11. The number of amides is 2. The highest BCUT2D eigenvalue weighted by molar-refractivity contribution is 6.00. The third-order valence-electron chi connectivity index (χ3n) is 10.4. The molecule has 5 aromatic rings. The van der Waals surface area contributed by atoms with Crippen LogP contribution >= 0.6 is 0 Å². The second-order valence-electron chi connectivity index (χ2n) is 14.2. The van der Waals surface area contributed by atoms with E-state index in [0.29, 0.717) is 55.8 Å². The number of carbonyl (C=O) groups is 2. The number of aromatic nitrogens is 5. The van der Waals surface area contributed by atoms with E-state index in [9.17, 15) is 9.59 Å². The van der Waals surface area contributed by atoms with Gasteiger partial charge in [-0.1, -0.05) is 36.9 Å². The molecule has 11 heteroatoms. The van der Waals surface area contributed by atoms with E-state index in [-0.39, 0.29) is 25.0 Å². The van der Waals surface area contributed by atoms with Crippen LogP contribution in [0.3, 0.4) is 0 Å². The molecule has 1 saturated carbocycles. The maximum absolute atomic E-state index is 14.1. The largest absolute Gasteiger partial charge is 0.498 e. The molecule has 2 aromatic carbocycles. The summed E-state index contributed by atoms with van der Waals surface area (Å²) in [5.74, 6) is 1.71. The maximum Gasteiger partial charge on any atom is 0.237 e. The third-order valence-corrected chi connectivity index (χ3v) is 10.4. The van der Waals surface area contributed by atoms with Gasteiger partial charge < -0.3 is 15.0 Å². The van der Waals surface area contributed by atoms with Crippen LogP contribution in [0.25, 0.3) is 39.1 Å². The summed E-state index contributed by atoms with van der Waals surface area (Å²) in [6, 6.07) is 20.0. The number of fused-ring (bicyclic) bond motifs is 1. The summed E-state index contributed by atoms with van der Waals surface area (Å²) in [5, 5.41) is 11.8. The van der Waals surface area contributed by atoms with Crippen molar-refractivity contribution in [3.8, 4) is 22.6 Å². The minimum absolute atomic E-state index is 0.0581. The van der Waals surface area contributed by atoms with E-state index in [1.165, 1.54) is 18.4 Å². The predicted octanol–water partition coefficient (Wildman–Crippen LogP) is 6.46. The van der Waals surface area contributed by atoms with E-state index in [2.05, 4.69) is 66.2 Å². The molecular weight excluding hydrogens is 653 g/mol. The molecule has 8 rings (SSSR count). The fraction of sp³-hybridized carbons (Fsp3) is 0.317. The molecule has 52 heavy (non-hydrogen) atoms. The smallest absolute Gasteiger partial charge is 0.237 e. The first-order valence-electron chi connectivity index (χ1n) is 17.9. The zero-order chi connectivity index (χ0) is 35.7. The summed E-state index contributed by atoms with van der Waals surface area (Å²) in [5.41, 5.74) is 7.00. The van der Waals surface area contributed by atoms with Crippen molar-refractivity contribution in [2.75, 3.05) is 44.6 Å². The highest BCUT2D eigenvalue weighted by Crippen LogP contribution is 2.40. The van der Waals surface area contributed by atoms with Gasteiger partial charge in [0.1, 0.15) is 12.3 Å². The van der Waals surface area contributed by atoms with E-state index < -0.39 is 5.41 Å². The van der Waals surface area contributed by atoms with Gasteiger partial charge in [0.05, 0.1) is 23.2 Å². The van der Waals surface area contributed by atoms with Gasteiger partial charge in [-0.25, -0.2) is 9.97 Å². The summed E-state index contributed by atoms with van der Waals surface area (Å²) >= 11 is 0. The molecule has 3 aromatic heterocycles. The van der Waals surface area contributed by atoms with Crippen LogP contribution in [0.1, 0.15) is 49.8 Å². The van der Waals surface area contributed by atoms with E-state index in [1.807, 2.05) is 47.5 Å². The number of nitrogens with one attached hydrogen (secondary N) is 2. The number of allylic oxidation sites excluding steroid dienone is 1. The first-order chi connectivity index (χ1) is 25.3. The molecule has 11 nitrogen and oxygen atoms in total. The number of hydrogen-bond acceptors (Lipinski definition) is 8. The average Bonchev–Trinajstić information content (AvgIpc) is 3.82. The normalized spacial score (nSPS) is 19.0. The lowest BCUT2D eigenvalue weighted by Gasteiger charge is -2.30. The molecule has 264 valence electrons. The first-order valence-corrected chi connectivity index (χ1v) is 17.9. The van der Waals surface area contributed by atoms with Crippen LogP contribution in [0, 0.1) is 5.41 Å². The Kier molecular flexibility index (Phi) is 9.11.